The van der Waals surface area contributed by atoms with Crippen molar-refractivity contribution in [2.45, 2.75) is 31.5 Å². The highest BCUT2D eigenvalue weighted by molar-refractivity contribution is 5.73. The maximum Gasteiger partial charge on any atom is 0.390 e. The highest BCUT2D eigenvalue weighted by Gasteiger charge is 2.28. The molecule has 2 amide bonds. The highest BCUT2D eigenvalue weighted by Crippen LogP contribution is 2.19. The first-order valence-electron chi connectivity index (χ1n) is 6.06. The van der Waals surface area contributed by atoms with E-state index in [1.54, 1.807) is 19.0 Å². The fraction of sp³-hybridized carbons (Fsp3) is 0.909. The number of amides is 2. The van der Waals surface area contributed by atoms with Crippen LogP contribution in [0.2, 0.25) is 0 Å². The number of urea groups is 1. The van der Waals surface area contributed by atoms with Crippen LogP contribution in [-0.2, 0) is 0 Å². The summed E-state index contributed by atoms with van der Waals surface area (Å²) in [4.78, 5) is 14.9. The quantitative estimate of drug-likeness (QED) is 0.844. The lowest BCUT2D eigenvalue weighted by Crippen LogP contribution is -2.48. The van der Waals surface area contributed by atoms with Crippen molar-refractivity contribution >= 4 is 6.03 Å². The number of piperidine rings is 1. The van der Waals surface area contributed by atoms with E-state index in [0.29, 0.717) is 25.9 Å². The summed E-state index contributed by atoms with van der Waals surface area (Å²) in [6.07, 6.45) is -3.49. The van der Waals surface area contributed by atoms with Crippen molar-refractivity contribution in [2.75, 3.05) is 33.7 Å². The number of halogens is 3. The molecule has 0 aromatic heterocycles. The Kier molecular flexibility index (Phi) is 5.25. The average Bonchev–Trinajstić information content (AvgIpc) is 2.27. The molecule has 0 unspecified atom stereocenters. The van der Waals surface area contributed by atoms with E-state index in [1.165, 1.54) is 4.90 Å². The number of alkyl halides is 3. The monoisotopic (exact) mass is 267 g/mol. The standard InChI is InChI=1S/C11H20F3N3O/c1-16(2)10(18)17-7-3-9(4-8-17)15-6-5-11(12,13)14/h9,15H,3-8H2,1-2H3. The van der Waals surface area contributed by atoms with Gasteiger partial charge in [-0.3, -0.25) is 0 Å². The molecule has 1 saturated heterocycles. The van der Waals surface area contributed by atoms with E-state index in [-0.39, 0.29) is 18.6 Å². The average molecular weight is 267 g/mol. The number of nitrogens with zero attached hydrogens (tertiary/aromatic N) is 2. The van der Waals surface area contributed by atoms with Crippen LogP contribution in [0.5, 0.6) is 0 Å². The van der Waals surface area contributed by atoms with Gasteiger partial charge in [-0.1, -0.05) is 0 Å². The van der Waals surface area contributed by atoms with Gasteiger partial charge in [0, 0.05) is 39.8 Å². The van der Waals surface area contributed by atoms with Crippen LogP contribution in [0.25, 0.3) is 0 Å². The van der Waals surface area contributed by atoms with Gasteiger partial charge in [-0.05, 0) is 12.8 Å². The second kappa shape index (κ2) is 6.26. The molecular formula is C11H20F3N3O. The van der Waals surface area contributed by atoms with Gasteiger partial charge >= 0.3 is 12.2 Å². The van der Waals surface area contributed by atoms with Crippen molar-refractivity contribution in [2.24, 2.45) is 0 Å². The lowest BCUT2D eigenvalue weighted by Gasteiger charge is -2.34. The molecule has 0 spiro atoms. The van der Waals surface area contributed by atoms with E-state index in [1.807, 2.05) is 0 Å². The second-order valence-electron chi connectivity index (χ2n) is 4.76. The van der Waals surface area contributed by atoms with Crippen molar-refractivity contribution in [3.8, 4) is 0 Å². The topological polar surface area (TPSA) is 35.6 Å². The van der Waals surface area contributed by atoms with Crippen LogP contribution in [0.1, 0.15) is 19.3 Å². The summed E-state index contributed by atoms with van der Waals surface area (Å²) in [6, 6.07) is 0.0438. The molecule has 7 heteroatoms. The van der Waals surface area contributed by atoms with Gasteiger partial charge in [-0.15, -0.1) is 0 Å². The van der Waals surface area contributed by atoms with Gasteiger partial charge in [0.1, 0.15) is 0 Å². The third-order valence-corrected chi connectivity index (χ3v) is 2.99. The van der Waals surface area contributed by atoms with Crippen molar-refractivity contribution in [3.63, 3.8) is 0 Å². The van der Waals surface area contributed by atoms with Crippen LogP contribution in [0.4, 0.5) is 18.0 Å². The number of likely N-dealkylation sites (tertiary alicyclic amines) is 1. The Bertz CT molecular complexity index is 273. The zero-order chi connectivity index (χ0) is 13.8. The lowest BCUT2D eigenvalue weighted by molar-refractivity contribution is -0.133. The Hall–Kier alpha value is -0.980. The number of carbonyl (C=O) groups excluding carboxylic acids is 1. The number of hydrogen-bond acceptors (Lipinski definition) is 2. The Labute approximate surface area is 105 Å². The molecule has 1 N–H and O–H groups in total. The normalized spacial score (nSPS) is 17.9. The zero-order valence-corrected chi connectivity index (χ0v) is 10.8. The molecule has 0 radical (unpaired) electrons. The molecule has 1 aliphatic heterocycles. The molecule has 106 valence electrons. The minimum atomic E-state index is -4.10. The largest absolute Gasteiger partial charge is 0.390 e. The predicted molar refractivity (Wildman–Crippen MR) is 62.4 cm³/mol. The number of rotatable bonds is 3. The van der Waals surface area contributed by atoms with Gasteiger partial charge in [0.15, 0.2) is 0 Å². The Morgan fingerprint density at radius 1 is 1.33 bits per heavy atom. The van der Waals surface area contributed by atoms with E-state index >= 15 is 0 Å². The fourth-order valence-electron chi connectivity index (χ4n) is 1.98. The van der Waals surface area contributed by atoms with Gasteiger partial charge in [-0.2, -0.15) is 13.2 Å². The van der Waals surface area contributed by atoms with E-state index < -0.39 is 12.6 Å². The van der Waals surface area contributed by atoms with Crippen LogP contribution >= 0.6 is 0 Å². The third-order valence-electron chi connectivity index (χ3n) is 2.99. The molecule has 0 saturated carbocycles. The first-order chi connectivity index (χ1) is 8.29. The Morgan fingerprint density at radius 3 is 2.33 bits per heavy atom. The first kappa shape index (κ1) is 15.1. The summed E-state index contributed by atoms with van der Waals surface area (Å²) in [6.45, 7) is 1.15. The summed E-state index contributed by atoms with van der Waals surface area (Å²) >= 11 is 0. The summed E-state index contributed by atoms with van der Waals surface area (Å²) in [5.74, 6) is 0. The molecule has 18 heavy (non-hydrogen) atoms. The van der Waals surface area contributed by atoms with Crippen LogP contribution < -0.4 is 5.32 Å². The van der Waals surface area contributed by atoms with Crippen molar-refractivity contribution in [1.29, 1.82) is 0 Å². The number of nitrogens with one attached hydrogen (secondary N) is 1. The van der Waals surface area contributed by atoms with Crippen molar-refractivity contribution in [3.05, 3.63) is 0 Å². The molecule has 0 aromatic rings. The van der Waals surface area contributed by atoms with Crippen molar-refractivity contribution in [1.82, 2.24) is 15.1 Å². The molecule has 1 rings (SSSR count). The predicted octanol–water partition coefficient (Wildman–Crippen LogP) is 1.67. The van der Waals surface area contributed by atoms with Gasteiger partial charge in [0.05, 0.1) is 6.42 Å². The summed E-state index contributed by atoms with van der Waals surface area (Å²) < 4.78 is 35.9. The fourth-order valence-corrected chi connectivity index (χ4v) is 1.98. The molecule has 0 bridgehead atoms. The van der Waals surface area contributed by atoms with E-state index in [2.05, 4.69) is 5.32 Å². The Morgan fingerprint density at radius 2 is 1.89 bits per heavy atom. The van der Waals surface area contributed by atoms with Crippen LogP contribution in [0.3, 0.4) is 0 Å². The van der Waals surface area contributed by atoms with Gasteiger partial charge < -0.3 is 15.1 Å². The van der Waals surface area contributed by atoms with Gasteiger partial charge in [-0.25, -0.2) is 4.79 Å². The minimum absolute atomic E-state index is 0.0382. The highest BCUT2D eigenvalue weighted by atomic mass is 19.4. The molecule has 1 heterocycles. The number of hydrogen-bond donors (Lipinski definition) is 1. The molecular weight excluding hydrogens is 247 g/mol. The summed E-state index contributed by atoms with van der Waals surface area (Å²) in [7, 11) is 3.38. The van der Waals surface area contributed by atoms with Crippen LogP contribution in [0.15, 0.2) is 0 Å². The summed E-state index contributed by atoms with van der Waals surface area (Å²) in [5.41, 5.74) is 0. The SMILES string of the molecule is CN(C)C(=O)N1CCC(NCCC(F)(F)F)CC1. The Balaban J connectivity index is 2.21. The maximum atomic E-state index is 12.0. The maximum absolute atomic E-state index is 12.0. The summed E-state index contributed by atoms with van der Waals surface area (Å²) in [5, 5.41) is 2.90. The second-order valence-corrected chi connectivity index (χ2v) is 4.76. The lowest BCUT2D eigenvalue weighted by atomic mass is 10.1. The molecule has 0 aliphatic carbocycles. The van der Waals surface area contributed by atoms with E-state index in [9.17, 15) is 18.0 Å². The van der Waals surface area contributed by atoms with Gasteiger partial charge in [0.25, 0.3) is 0 Å². The van der Waals surface area contributed by atoms with E-state index in [0.717, 1.165) is 0 Å². The first-order valence-corrected chi connectivity index (χ1v) is 6.06. The van der Waals surface area contributed by atoms with E-state index in [4.69, 9.17) is 0 Å². The number of carbonyl (C=O) groups is 1. The molecule has 4 nitrogen and oxygen atoms in total. The molecule has 1 fully saturated rings. The third kappa shape index (κ3) is 5.12. The van der Waals surface area contributed by atoms with Crippen LogP contribution in [-0.4, -0.2) is 61.8 Å². The molecule has 0 atom stereocenters. The smallest absolute Gasteiger partial charge is 0.331 e. The molecule has 0 aromatic carbocycles. The van der Waals surface area contributed by atoms with Crippen molar-refractivity contribution < 1.29 is 18.0 Å². The van der Waals surface area contributed by atoms with Gasteiger partial charge in [0.2, 0.25) is 0 Å². The van der Waals surface area contributed by atoms with Crippen LogP contribution in [0, 0.1) is 0 Å². The zero-order valence-electron chi connectivity index (χ0n) is 10.8. The minimum Gasteiger partial charge on any atom is -0.331 e. The molecule has 1 aliphatic rings.